The lowest BCUT2D eigenvalue weighted by Crippen LogP contribution is -3.00. The Morgan fingerprint density at radius 3 is 1.48 bits per heavy atom. The number of rotatable bonds is 19. The van der Waals surface area contributed by atoms with Crippen molar-refractivity contribution < 1.29 is 33.5 Å². The Balaban J connectivity index is 0.00000676. The minimum atomic E-state index is 0. The first-order valence-electron chi connectivity index (χ1n) is 12.0. The van der Waals surface area contributed by atoms with Gasteiger partial charge in [-0.2, -0.15) is 0 Å². The smallest absolute Gasteiger partial charge is 0.157 e. The molecule has 1 rings (SSSR count). The predicted octanol–water partition coefficient (Wildman–Crippen LogP) is 4.38. The highest BCUT2D eigenvalue weighted by Gasteiger charge is 2.13. The summed E-state index contributed by atoms with van der Waals surface area (Å²) in [6, 6.07) is 0. The van der Waals surface area contributed by atoms with Crippen molar-refractivity contribution in [3.63, 3.8) is 0 Å². The van der Waals surface area contributed by atoms with Gasteiger partial charge in [0, 0.05) is 13.2 Å². The molecule has 0 N–H and O–H groups in total. The number of hydrogen-bond donors (Lipinski definition) is 0. The van der Waals surface area contributed by atoms with Gasteiger partial charge in [0.25, 0.3) is 0 Å². The fourth-order valence-corrected chi connectivity index (χ4v) is 4.16. The van der Waals surface area contributed by atoms with Gasteiger partial charge >= 0.3 is 0 Å². The van der Waals surface area contributed by atoms with Gasteiger partial charge in [0.05, 0.1) is 6.16 Å². The highest BCUT2D eigenvalue weighted by Crippen LogP contribution is 2.16. The second-order valence-corrected chi connectivity index (χ2v) is 8.88. The Morgan fingerprint density at radius 1 is 0.630 bits per heavy atom. The number of halogens is 1. The van der Waals surface area contributed by atoms with Gasteiger partial charge in [-0.15, -0.1) is 0 Å². The molecule has 1 heterocycles. The van der Waals surface area contributed by atoms with E-state index in [4.69, 9.17) is 9.47 Å². The van der Waals surface area contributed by atoms with E-state index in [0.717, 1.165) is 19.6 Å². The molecule has 2 nitrogen and oxygen atoms in total. The van der Waals surface area contributed by atoms with Gasteiger partial charge in [0.1, 0.15) is 0 Å². The largest absolute Gasteiger partial charge is 1.00 e. The average Bonchev–Trinajstić information content (AvgIpc) is 2.68. The van der Waals surface area contributed by atoms with Crippen LogP contribution in [-0.2, 0) is 9.47 Å². The average molecular weight is 515 g/mol. The summed E-state index contributed by atoms with van der Waals surface area (Å²) >= 11 is 0. The van der Waals surface area contributed by atoms with E-state index in [1.54, 1.807) is 0 Å². The molecular weight excluding hydrogens is 466 g/mol. The van der Waals surface area contributed by atoms with Crippen molar-refractivity contribution in [2.45, 2.75) is 128 Å². The van der Waals surface area contributed by atoms with Crippen LogP contribution < -0.4 is 24.0 Å². The molecule has 2 atom stereocenters. The predicted molar refractivity (Wildman–Crippen MR) is 119 cm³/mol. The van der Waals surface area contributed by atoms with Crippen LogP contribution in [0.4, 0.5) is 0 Å². The molecule has 4 heteroatoms. The summed E-state index contributed by atoms with van der Waals surface area (Å²) in [5, 5.41) is 0. The van der Waals surface area contributed by atoms with Crippen LogP contribution in [0, 0.1) is 0 Å². The third kappa shape index (κ3) is 20.1. The summed E-state index contributed by atoms with van der Waals surface area (Å²) in [6.45, 7) is 1.79. The summed E-state index contributed by atoms with van der Waals surface area (Å²) in [5.41, 5.74) is 0. The van der Waals surface area contributed by atoms with Crippen LogP contribution in [0.3, 0.4) is 0 Å². The summed E-state index contributed by atoms with van der Waals surface area (Å²) < 4.78 is 11.4. The van der Waals surface area contributed by atoms with E-state index < -0.39 is 0 Å². The second kappa shape index (κ2) is 23.4. The molecule has 1 aliphatic heterocycles. The van der Waals surface area contributed by atoms with Crippen molar-refractivity contribution in [1.29, 1.82) is 0 Å². The van der Waals surface area contributed by atoms with E-state index in [1.807, 2.05) is 0 Å². The van der Waals surface area contributed by atoms with Crippen molar-refractivity contribution >= 4 is 9.24 Å². The number of unbranched alkanes of at least 4 members (excludes halogenated alkanes) is 15. The molecule has 0 amide bonds. The maximum Gasteiger partial charge on any atom is 0.157 e. The molecule has 164 valence electrons. The molecule has 1 saturated heterocycles. The van der Waals surface area contributed by atoms with Crippen LogP contribution in [0.25, 0.3) is 0 Å². The lowest BCUT2D eigenvalue weighted by molar-refractivity contribution is -0.162. The van der Waals surface area contributed by atoms with Gasteiger partial charge in [-0.05, 0) is 47.8 Å². The van der Waals surface area contributed by atoms with Gasteiger partial charge in [0.15, 0.2) is 6.29 Å². The van der Waals surface area contributed by atoms with Crippen molar-refractivity contribution in [1.82, 2.24) is 0 Å². The molecule has 0 bridgehead atoms. The zero-order chi connectivity index (χ0) is 18.5. The minimum absolute atomic E-state index is 0. The summed E-state index contributed by atoms with van der Waals surface area (Å²) in [7, 11) is 2.12. The summed E-state index contributed by atoms with van der Waals surface area (Å²) in [4.78, 5) is 0. The molecular formula is C23H48IO2P. The van der Waals surface area contributed by atoms with E-state index in [2.05, 4.69) is 9.24 Å². The SMILES string of the molecule is [I-].[PH3+]CCCCCCCCCCCCCCCCCCOC1CCCCO1. The summed E-state index contributed by atoms with van der Waals surface area (Å²) in [5.74, 6) is 0. The van der Waals surface area contributed by atoms with E-state index in [-0.39, 0.29) is 30.3 Å². The van der Waals surface area contributed by atoms with E-state index in [0.29, 0.717) is 0 Å². The first-order valence-corrected chi connectivity index (χ1v) is 13.0. The molecule has 27 heavy (non-hydrogen) atoms. The van der Waals surface area contributed by atoms with E-state index >= 15 is 0 Å². The van der Waals surface area contributed by atoms with Crippen molar-refractivity contribution in [3.8, 4) is 0 Å². The van der Waals surface area contributed by atoms with Gasteiger partial charge in [-0.3, -0.25) is 0 Å². The zero-order valence-electron chi connectivity index (χ0n) is 18.0. The Kier molecular flexibility index (Phi) is 24.3. The standard InChI is InChI=1S/C23H47O2P.HI/c26-22-18-14-12-10-8-6-4-2-1-3-5-7-9-11-13-16-20-24-23-19-15-17-21-25-23;/h23H,1-22,26H2;1H. The first kappa shape index (κ1) is 28.1. The van der Waals surface area contributed by atoms with Crippen molar-refractivity contribution in [3.05, 3.63) is 0 Å². The fourth-order valence-electron chi connectivity index (χ4n) is 3.81. The number of hydrogen-bond acceptors (Lipinski definition) is 2. The highest BCUT2D eigenvalue weighted by atomic mass is 127. The third-order valence-corrected chi connectivity index (χ3v) is 6.09. The van der Waals surface area contributed by atoms with Gasteiger partial charge in [-0.25, -0.2) is 0 Å². The summed E-state index contributed by atoms with van der Waals surface area (Å²) in [6.07, 6.45) is 27.9. The van der Waals surface area contributed by atoms with E-state index in [9.17, 15) is 0 Å². The Hall–Kier alpha value is 1.08. The zero-order valence-corrected chi connectivity index (χ0v) is 21.6. The molecule has 0 aliphatic carbocycles. The Labute approximate surface area is 189 Å². The van der Waals surface area contributed by atoms with Gasteiger partial charge in [0.2, 0.25) is 0 Å². The molecule has 0 radical (unpaired) electrons. The molecule has 2 unspecified atom stereocenters. The van der Waals surface area contributed by atoms with Crippen LogP contribution in [0.5, 0.6) is 0 Å². The molecule has 1 aliphatic rings. The molecule has 0 saturated carbocycles. The maximum atomic E-state index is 5.79. The monoisotopic (exact) mass is 514 g/mol. The lowest BCUT2D eigenvalue weighted by Gasteiger charge is -2.22. The molecule has 0 aromatic rings. The van der Waals surface area contributed by atoms with Crippen molar-refractivity contribution in [2.24, 2.45) is 0 Å². The lowest BCUT2D eigenvalue weighted by atomic mass is 10.0. The fraction of sp³-hybridized carbons (Fsp3) is 1.00. The number of ether oxygens (including phenoxy) is 2. The molecule has 0 aromatic carbocycles. The molecule has 0 spiro atoms. The maximum absolute atomic E-state index is 5.79. The minimum Gasteiger partial charge on any atom is -1.00 e. The van der Waals surface area contributed by atoms with Gasteiger partial charge in [-0.1, -0.05) is 83.5 Å². The van der Waals surface area contributed by atoms with Gasteiger partial charge < -0.3 is 33.5 Å². The van der Waals surface area contributed by atoms with Crippen LogP contribution in [0.2, 0.25) is 0 Å². The van der Waals surface area contributed by atoms with Crippen LogP contribution >= 0.6 is 9.24 Å². The first-order chi connectivity index (χ1) is 12.9. The quantitative estimate of drug-likeness (QED) is 0.145. The second-order valence-electron chi connectivity index (χ2n) is 8.18. The van der Waals surface area contributed by atoms with Crippen LogP contribution in [0.1, 0.15) is 122 Å². The normalized spacial score (nSPS) is 17.1. The third-order valence-electron chi connectivity index (χ3n) is 5.59. The van der Waals surface area contributed by atoms with Crippen LogP contribution in [0.15, 0.2) is 0 Å². The Bertz CT molecular complexity index is 273. The van der Waals surface area contributed by atoms with Crippen molar-refractivity contribution in [2.75, 3.05) is 19.4 Å². The molecule has 0 aromatic heterocycles. The Morgan fingerprint density at radius 2 is 1.07 bits per heavy atom. The van der Waals surface area contributed by atoms with E-state index in [1.165, 1.54) is 122 Å². The molecule has 1 fully saturated rings. The van der Waals surface area contributed by atoms with Crippen LogP contribution in [-0.4, -0.2) is 25.7 Å². The topological polar surface area (TPSA) is 18.5 Å². The highest BCUT2D eigenvalue weighted by molar-refractivity contribution is 7.16.